The fraction of sp³-hybridized carbons (Fsp3) is 0.913. The van der Waals surface area contributed by atoms with Gasteiger partial charge >= 0.3 is 0 Å². The van der Waals surface area contributed by atoms with Gasteiger partial charge in [0.1, 0.15) is 5.60 Å². The van der Waals surface area contributed by atoms with Crippen molar-refractivity contribution in [2.75, 3.05) is 72.6 Å². The zero-order chi connectivity index (χ0) is 25.8. The molecule has 202 valence electrons. The second-order valence-electron chi connectivity index (χ2n) is 8.60. The van der Waals surface area contributed by atoms with Crippen molar-refractivity contribution in [2.24, 2.45) is 0 Å². The Labute approximate surface area is 205 Å². The fourth-order valence-corrected chi connectivity index (χ4v) is 2.98. The van der Waals surface area contributed by atoms with Crippen molar-refractivity contribution in [3.8, 4) is 0 Å². The Balaban J connectivity index is 3.62. The van der Waals surface area contributed by atoms with Crippen LogP contribution in [0.1, 0.15) is 40.5 Å². The minimum absolute atomic E-state index is 0.271. The van der Waals surface area contributed by atoms with Crippen LogP contribution in [-0.2, 0) is 14.3 Å². The van der Waals surface area contributed by atoms with Gasteiger partial charge in [-0.05, 0) is 26.7 Å². The van der Waals surface area contributed by atoms with Crippen molar-refractivity contribution in [1.82, 2.24) is 31.9 Å². The zero-order valence-electron chi connectivity index (χ0n) is 21.8. The third kappa shape index (κ3) is 14.3. The molecule has 34 heavy (non-hydrogen) atoms. The molecule has 0 heterocycles. The van der Waals surface area contributed by atoms with E-state index in [0.29, 0.717) is 19.0 Å². The number of amides is 1. The first-order chi connectivity index (χ1) is 16.2. The number of carbonyl (C=O) groups excluding carboxylic acids is 2. The van der Waals surface area contributed by atoms with Crippen molar-refractivity contribution in [3.05, 3.63) is 0 Å². The topological polar surface area (TPSA) is 156 Å². The molecule has 11 nitrogen and oxygen atoms in total. The van der Waals surface area contributed by atoms with E-state index in [4.69, 9.17) is 4.74 Å². The Morgan fingerprint density at radius 1 is 0.794 bits per heavy atom. The SMILES string of the molecule is CCC(C)NCCNCCNCCNCCNCCNC(=O)[C@H](O)[C@@H](O)C(=O)C(C)(CC)OC. The fourth-order valence-electron chi connectivity index (χ4n) is 2.98. The Morgan fingerprint density at radius 3 is 1.65 bits per heavy atom. The van der Waals surface area contributed by atoms with Crippen LogP contribution in [0.15, 0.2) is 0 Å². The van der Waals surface area contributed by atoms with E-state index in [9.17, 15) is 19.8 Å². The van der Waals surface area contributed by atoms with Gasteiger partial charge in [0.25, 0.3) is 5.91 Å². The number of methoxy groups -OCH3 is 1. The van der Waals surface area contributed by atoms with E-state index < -0.39 is 29.5 Å². The van der Waals surface area contributed by atoms with Gasteiger partial charge in [-0.2, -0.15) is 0 Å². The number of aliphatic hydroxyl groups is 2. The van der Waals surface area contributed by atoms with Crippen LogP contribution in [0, 0.1) is 0 Å². The van der Waals surface area contributed by atoms with Crippen molar-refractivity contribution in [1.29, 1.82) is 0 Å². The number of hydrogen-bond donors (Lipinski definition) is 8. The maximum absolute atomic E-state index is 12.3. The van der Waals surface area contributed by atoms with E-state index in [0.717, 1.165) is 58.8 Å². The van der Waals surface area contributed by atoms with Crippen molar-refractivity contribution < 1.29 is 24.5 Å². The molecule has 0 aromatic carbocycles. The van der Waals surface area contributed by atoms with Gasteiger partial charge in [0.05, 0.1) is 0 Å². The summed E-state index contributed by atoms with van der Waals surface area (Å²) < 4.78 is 5.12. The van der Waals surface area contributed by atoms with Crippen molar-refractivity contribution in [2.45, 2.75) is 64.4 Å². The molecule has 8 N–H and O–H groups in total. The Bertz CT molecular complexity index is 536. The van der Waals surface area contributed by atoms with Gasteiger partial charge in [-0.25, -0.2) is 0 Å². The van der Waals surface area contributed by atoms with Crippen LogP contribution in [0.25, 0.3) is 0 Å². The third-order valence-electron chi connectivity index (χ3n) is 5.93. The highest BCUT2D eigenvalue weighted by molar-refractivity contribution is 5.96. The summed E-state index contributed by atoms with van der Waals surface area (Å²) in [6.07, 6.45) is -2.21. The van der Waals surface area contributed by atoms with Crippen molar-refractivity contribution >= 4 is 11.7 Å². The summed E-state index contributed by atoms with van der Waals surface area (Å²) in [5.41, 5.74) is -1.24. The van der Waals surface area contributed by atoms with E-state index >= 15 is 0 Å². The summed E-state index contributed by atoms with van der Waals surface area (Å²) in [5, 5.41) is 39.2. The number of nitrogens with one attached hydrogen (secondary N) is 6. The average molecular weight is 491 g/mol. The monoisotopic (exact) mass is 490 g/mol. The summed E-state index contributed by atoms with van der Waals surface area (Å²) in [5.74, 6) is -1.51. The summed E-state index contributed by atoms with van der Waals surface area (Å²) in [6, 6.07) is 0.571. The minimum atomic E-state index is -1.84. The molecule has 0 radical (unpaired) electrons. The second-order valence-corrected chi connectivity index (χ2v) is 8.60. The molecule has 0 aromatic rings. The van der Waals surface area contributed by atoms with Gasteiger partial charge in [-0.3, -0.25) is 9.59 Å². The number of ketones is 1. The molecule has 0 aliphatic heterocycles. The number of carbonyl (C=O) groups is 2. The van der Waals surface area contributed by atoms with Crippen LogP contribution in [0.2, 0.25) is 0 Å². The highest BCUT2D eigenvalue weighted by atomic mass is 16.5. The maximum atomic E-state index is 12.3. The molecular weight excluding hydrogens is 440 g/mol. The van der Waals surface area contributed by atoms with E-state index in [1.807, 2.05) is 0 Å². The normalized spacial score (nSPS) is 16.0. The quantitative estimate of drug-likeness (QED) is 0.0751. The van der Waals surface area contributed by atoms with Gasteiger partial charge in [0.15, 0.2) is 18.0 Å². The predicted octanol–water partition coefficient (Wildman–Crippen LogP) is -2.04. The van der Waals surface area contributed by atoms with Gasteiger partial charge in [0.2, 0.25) is 0 Å². The number of Topliss-reactive ketones (excluding diaryl/α,β-unsaturated/α-hetero) is 1. The Kier molecular flexibility index (Phi) is 19.4. The van der Waals surface area contributed by atoms with Crippen LogP contribution in [0.4, 0.5) is 0 Å². The number of rotatable bonds is 23. The third-order valence-corrected chi connectivity index (χ3v) is 5.93. The molecule has 0 spiro atoms. The first-order valence-electron chi connectivity index (χ1n) is 12.5. The van der Waals surface area contributed by atoms with E-state index in [-0.39, 0.29) is 6.54 Å². The number of hydrogen-bond acceptors (Lipinski definition) is 10. The largest absolute Gasteiger partial charge is 0.382 e. The molecule has 0 aromatic heterocycles. The van der Waals surface area contributed by atoms with Crippen LogP contribution >= 0.6 is 0 Å². The van der Waals surface area contributed by atoms with Gasteiger partial charge in [-0.15, -0.1) is 0 Å². The van der Waals surface area contributed by atoms with Crippen LogP contribution in [0.5, 0.6) is 0 Å². The molecule has 0 aliphatic carbocycles. The Morgan fingerprint density at radius 2 is 1.24 bits per heavy atom. The van der Waals surface area contributed by atoms with E-state index in [1.54, 1.807) is 6.92 Å². The molecule has 0 aliphatic rings. The molecular formula is C23H50N6O5. The molecule has 4 atom stereocenters. The summed E-state index contributed by atoms with van der Waals surface area (Å²) >= 11 is 0. The van der Waals surface area contributed by atoms with E-state index in [1.165, 1.54) is 14.0 Å². The second kappa shape index (κ2) is 20.1. The number of ether oxygens (including phenoxy) is 1. The van der Waals surface area contributed by atoms with Crippen LogP contribution < -0.4 is 31.9 Å². The van der Waals surface area contributed by atoms with Gasteiger partial charge in [-0.1, -0.05) is 13.8 Å². The molecule has 11 heteroatoms. The molecule has 1 amide bonds. The Hall–Kier alpha value is -1.18. The van der Waals surface area contributed by atoms with Crippen LogP contribution in [0.3, 0.4) is 0 Å². The first kappa shape index (κ1) is 32.8. The lowest BCUT2D eigenvalue weighted by atomic mass is 9.91. The van der Waals surface area contributed by atoms with Gasteiger partial charge in [0, 0.05) is 78.6 Å². The standard InChI is InChI=1S/C23H50N6O5/c1-6-18(3)28-16-14-26-12-10-24-8-9-25-11-13-27-15-17-29-22(33)20(31)19(30)21(32)23(4,7-2)34-5/h18-20,24-28,30-31H,6-17H2,1-5H3,(H,29,33)/t18?,19-,20-,23?/m1/s1. The molecule has 0 fully saturated rings. The molecule has 2 unspecified atom stereocenters. The first-order valence-corrected chi connectivity index (χ1v) is 12.5. The predicted molar refractivity (Wildman–Crippen MR) is 135 cm³/mol. The molecule has 0 saturated heterocycles. The molecule has 0 bridgehead atoms. The van der Waals surface area contributed by atoms with E-state index in [2.05, 4.69) is 45.7 Å². The minimum Gasteiger partial charge on any atom is -0.382 e. The summed E-state index contributed by atoms with van der Waals surface area (Å²) in [6.45, 7) is 15.5. The summed E-state index contributed by atoms with van der Waals surface area (Å²) in [7, 11) is 1.35. The highest BCUT2D eigenvalue weighted by Crippen LogP contribution is 2.18. The van der Waals surface area contributed by atoms with Gasteiger partial charge < -0.3 is 46.9 Å². The average Bonchev–Trinajstić information content (AvgIpc) is 2.85. The smallest absolute Gasteiger partial charge is 0.252 e. The molecule has 0 saturated carbocycles. The lowest BCUT2D eigenvalue weighted by Crippen LogP contribution is -2.53. The maximum Gasteiger partial charge on any atom is 0.252 e. The number of aliphatic hydroxyl groups excluding tert-OH is 2. The zero-order valence-corrected chi connectivity index (χ0v) is 21.8. The van der Waals surface area contributed by atoms with Crippen molar-refractivity contribution in [3.63, 3.8) is 0 Å². The molecule has 0 rings (SSSR count). The lowest BCUT2D eigenvalue weighted by molar-refractivity contribution is -0.158. The summed E-state index contributed by atoms with van der Waals surface area (Å²) in [4.78, 5) is 24.3. The van der Waals surface area contributed by atoms with Crippen LogP contribution in [-0.4, -0.2) is 118 Å². The highest BCUT2D eigenvalue weighted by Gasteiger charge is 2.41. The lowest BCUT2D eigenvalue weighted by Gasteiger charge is -2.28.